The molecule has 3 N–H and O–H groups in total. The largest absolute Gasteiger partial charge is 0.396 e. The van der Waals surface area contributed by atoms with Crippen molar-refractivity contribution in [3.05, 3.63) is 5.89 Å². The Morgan fingerprint density at radius 1 is 1.41 bits per heavy atom. The van der Waals surface area contributed by atoms with E-state index in [0.29, 0.717) is 18.3 Å². The average molecular weight is 241 g/mol. The van der Waals surface area contributed by atoms with E-state index in [1.54, 1.807) is 0 Å². The predicted molar refractivity (Wildman–Crippen MR) is 62.6 cm³/mol. The summed E-state index contributed by atoms with van der Waals surface area (Å²) in [6.45, 7) is 3.79. The van der Waals surface area contributed by atoms with Crippen LogP contribution in [0.5, 0.6) is 0 Å². The number of nitrogens with zero attached hydrogens (tertiary/aromatic N) is 4. The summed E-state index contributed by atoms with van der Waals surface area (Å²) < 4.78 is 5.11. The van der Waals surface area contributed by atoms with Gasteiger partial charge in [0.25, 0.3) is 5.95 Å². The summed E-state index contributed by atoms with van der Waals surface area (Å²) in [6, 6.07) is -0.381. The minimum Gasteiger partial charge on any atom is -0.396 e. The summed E-state index contributed by atoms with van der Waals surface area (Å²) in [4.78, 5) is 8.61. The van der Waals surface area contributed by atoms with Crippen LogP contribution in [0.1, 0.15) is 18.4 Å². The van der Waals surface area contributed by atoms with E-state index in [0.717, 1.165) is 26.2 Å². The van der Waals surface area contributed by atoms with Gasteiger partial charge in [0, 0.05) is 32.8 Å². The fourth-order valence-corrected chi connectivity index (χ4v) is 1.78. The molecule has 2 rings (SSSR count). The molecule has 1 aromatic heterocycles. The van der Waals surface area contributed by atoms with Gasteiger partial charge in [-0.25, -0.2) is 0 Å². The summed E-state index contributed by atoms with van der Waals surface area (Å²) >= 11 is 0. The van der Waals surface area contributed by atoms with E-state index in [-0.39, 0.29) is 12.6 Å². The normalized spacial score (nSPS) is 19.6. The van der Waals surface area contributed by atoms with Crippen LogP contribution in [0, 0.1) is 0 Å². The van der Waals surface area contributed by atoms with E-state index < -0.39 is 0 Å². The van der Waals surface area contributed by atoms with E-state index in [1.165, 1.54) is 0 Å². The molecule has 1 unspecified atom stereocenters. The third-order valence-corrected chi connectivity index (χ3v) is 2.97. The summed E-state index contributed by atoms with van der Waals surface area (Å²) in [5, 5.41) is 12.7. The summed E-state index contributed by atoms with van der Waals surface area (Å²) in [5.74, 6) is 0.995. The lowest BCUT2D eigenvalue weighted by molar-refractivity contribution is 0.259. The maximum Gasteiger partial charge on any atom is 0.266 e. The molecule has 1 aliphatic heterocycles. The van der Waals surface area contributed by atoms with Gasteiger partial charge >= 0.3 is 0 Å². The number of hydrogen-bond acceptors (Lipinski definition) is 7. The Morgan fingerprint density at radius 2 is 2.12 bits per heavy atom. The van der Waals surface area contributed by atoms with E-state index in [1.807, 2.05) is 0 Å². The van der Waals surface area contributed by atoms with Crippen LogP contribution in [0.4, 0.5) is 5.95 Å². The SMILES string of the molecule is CN1CCN(c2noc(C(N)CCO)n2)CC1. The number of aromatic nitrogens is 2. The van der Waals surface area contributed by atoms with Gasteiger partial charge in [0.15, 0.2) is 0 Å². The highest BCUT2D eigenvalue weighted by molar-refractivity contribution is 5.28. The Kier molecular flexibility index (Phi) is 3.93. The van der Waals surface area contributed by atoms with Gasteiger partial charge in [-0.1, -0.05) is 0 Å². The lowest BCUT2D eigenvalue weighted by Gasteiger charge is -2.31. The molecular weight excluding hydrogens is 222 g/mol. The van der Waals surface area contributed by atoms with Gasteiger partial charge in [-0.3, -0.25) is 0 Å². The summed E-state index contributed by atoms with van der Waals surface area (Å²) in [5.41, 5.74) is 5.79. The van der Waals surface area contributed by atoms with E-state index >= 15 is 0 Å². The second-order valence-corrected chi connectivity index (χ2v) is 4.34. The standard InChI is InChI=1S/C10H19N5O2/c1-14-3-5-15(6-4-14)10-12-9(17-13-10)8(11)2-7-16/h8,16H,2-7,11H2,1H3. The fraction of sp³-hybridized carbons (Fsp3) is 0.800. The fourth-order valence-electron chi connectivity index (χ4n) is 1.78. The first kappa shape index (κ1) is 12.3. The number of aliphatic hydroxyl groups excluding tert-OH is 1. The first-order valence-corrected chi connectivity index (χ1v) is 5.84. The summed E-state index contributed by atoms with van der Waals surface area (Å²) in [7, 11) is 2.09. The first-order valence-electron chi connectivity index (χ1n) is 5.84. The van der Waals surface area contributed by atoms with Crippen LogP contribution in [0.3, 0.4) is 0 Å². The number of piperazine rings is 1. The quantitative estimate of drug-likeness (QED) is 0.713. The molecule has 1 saturated heterocycles. The number of aliphatic hydroxyl groups is 1. The Hall–Kier alpha value is -1.18. The molecular formula is C10H19N5O2. The van der Waals surface area contributed by atoms with Crippen molar-refractivity contribution in [3.8, 4) is 0 Å². The molecule has 0 aromatic carbocycles. The molecule has 1 aromatic rings. The molecule has 0 amide bonds. The minimum atomic E-state index is -0.381. The van der Waals surface area contributed by atoms with Crippen LogP contribution in [0.25, 0.3) is 0 Å². The van der Waals surface area contributed by atoms with Gasteiger partial charge < -0.3 is 25.2 Å². The number of likely N-dealkylation sites (N-methyl/N-ethyl adjacent to an activating group) is 1. The van der Waals surface area contributed by atoms with Crippen molar-refractivity contribution in [1.29, 1.82) is 0 Å². The lowest BCUT2D eigenvalue weighted by atomic mass is 10.2. The highest BCUT2D eigenvalue weighted by atomic mass is 16.5. The molecule has 0 saturated carbocycles. The molecule has 2 heterocycles. The van der Waals surface area contributed by atoms with Crippen molar-refractivity contribution < 1.29 is 9.63 Å². The van der Waals surface area contributed by atoms with Crippen LogP contribution in [0.2, 0.25) is 0 Å². The minimum absolute atomic E-state index is 0.0212. The zero-order valence-corrected chi connectivity index (χ0v) is 10.0. The van der Waals surface area contributed by atoms with Crippen molar-refractivity contribution in [2.45, 2.75) is 12.5 Å². The Bertz CT molecular complexity index is 348. The van der Waals surface area contributed by atoms with Crippen molar-refractivity contribution in [2.75, 3.05) is 44.7 Å². The zero-order chi connectivity index (χ0) is 12.3. The predicted octanol–water partition coefficient (Wildman–Crippen LogP) is -0.796. The van der Waals surface area contributed by atoms with Crippen LogP contribution < -0.4 is 10.6 Å². The van der Waals surface area contributed by atoms with Gasteiger partial charge in [0.1, 0.15) is 0 Å². The molecule has 0 bridgehead atoms. The molecule has 7 heteroatoms. The maximum atomic E-state index is 8.80. The van der Waals surface area contributed by atoms with E-state index in [2.05, 4.69) is 27.0 Å². The van der Waals surface area contributed by atoms with Crippen LogP contribution in [0.15, 0.2) is 4.52 Å². The number of nitrogens with two attached hydrogens (primary N) is 1. The summed E-state index contributed by atoms with van der Waals surface area (Å²) in [6.07, 6.45) is 0.435. The van der Waals surface area contributed by atoms with Crippen molar-refractivity contribution >= 4 is 5.95 Å². The molecule has 0 aliphatic carbocycles. The highest BCUT2D eigenvalue weighted by Crippen LogP contribution is 2.16. The Morgan fingerprint density at radius 3 is 2.76 bits per heavy atom. The average Bonchev–Trinajstić information content (AvgIpc) is 2.80. The van der Waals surface area contributed by atoms with Gasteiger partial charge in [-0.15, -0.1) is 0 Å². The smallest absolute Gasteiger partial charge is 0.266 e. The highest BCUT2D eigenvalue weighted by Gasteiger charge is 2.21. The topological polar surface area (TPSA) is 91.7 Å². The molecule has 1 atom stereocenters. The number of anilines is 1. The van der Waals surface area contributed by atoms with Gasteiger partial charge in [0.05, 0.1) is 6.04 Å². The van der Waals surface area contributed by atoms with E-state index in [4.69, 9.17) is 15.4 Å². The molecule has 1 aliphatic rings. The second kappa shape index (κ2) is 5.44. The van der Waals surface area contributed by atoms with Crippen molar-refractivity contribution in [2.24, 2.45) is 5.73 Å². The third-order valence-electron chi connectivity index (χ3n) is 2.97. The Balaban J connectivity index is 1.98. The first-order chi connectivity index (χ1) is 8.20. The van der Waals surface area contributed by atoms with Crippen LogP contribution in [-0.4, -0.2) is 60.0 Å². The maximum absolute atomic E-state index is 8.80. The van der Waals surface area contributed by atoms with Gasteiger partial charge in [-0.2, -0.15) is 4.98 Å². The van der Waals surface area contributed by atoms with Crippen molar-refractivity contribution in [3.63, 3.8) is 0 Å². The number of rotatable bonds is 4. The molecule has 0 radical (unpaired) electrons. The van der Waals surface area contributed by atoms with Crippen LogP contribution in [-0.2, 0) is 0 Å². The monoisotopic (exact) mass is 241 g/mol. The lowest BCUT2D eigenvalue weighted by Crippen LogP contribution is -2.44. The molecule has 96 valence electrons. The van der Waals surface area contributed by atoms with Gasteiger partial charge in [0.2, 0.25) is 5.89 Å². The van der Waals surface area contributed by atoms with Gasteiger partial charge in [-0.05, 0) is 18.6 Å². The number of hydrogen-bond donors (Lipinski definition) is 2. The third kappa shape index (κ3) is 2.93. The van der Waals surface area contributed by atoms with E-state index in [9.17, 15) is 0 Å². The molecule has 0 spiro atoms. The Labute approximate surface area is 100 Å². The van der Waals surface area contributed by atoms with Crippen LogP contribution >= 0.6 is 0 Å². The van der Waals surface area contributed by atoms with Crippen molar-refractivity contribution in [1.82, 2.24) is 15.0 Å². The zero-order valence-electron chi connectivity index (χ0n) is 10.0. The molecule has 17 heavy (non-hydrogen) atoms. The molecule has 7 nitrogen and oxygen atoms in total. The second-order valence-electron chi connectivity index (χ2n) is 4.34. The molecule has 1 fully saturated rings.